The second-order valence-corrected chi connectivity index (χ2v) is 10.3. The molecular weight excluding hydrogens is 372 g/mol. The summed E-state index contributed by atoms with van der Waals surface area (Å²) in [6.07, 6.45) is 4.20. The Morgan fingerprint density at radius 3 is 1.61 bits per heavy atom. The van der Waals surface area contributed by atoms with Crippen molar-refractivity contribution in [2.24, 2.45) is 0 Å². The zero-order valence-electron chi connectivity index (χ0n) is 13.0. The van der Waals surface area contributed by atoms with Gasteiger partial charge < -0.3 is 0 Å². The molecule has 0 saturated carbocycles. The Balaban J connectivity index is 0.000000585. The van der Waals surface area contributed by atoms with Crippen molar-refractivity contribution in [3.8, 4) is 0 Å². The standard InChI is InChI=1S/C8H18N6OP.F6P/c1-11(2)16(12(3)4,13(5)8-15)14-7-6-9-10-14;1-7(2,3,4,5)6/h6-8H,1-5H3;/q+1;-1. The molecule has 0 bridgehead atoms. The van der Waals surface area contributed by atoms with Crippen molar-refractivity contribution in [2.75, 3.05) is 35.2 Å². The minimum absolute atomic E-state index is 0.815. The summed E-state index contributed by atoms with van der Waals surface area (Å²) >= 11 is 0. The Bertz CT molecular complexity index is 499. The first-order valence-corrected chi connectivity index (χ1v) is 9.42. The van der Waals surface area contributed by atoms with Crippen molar-refractivity contribution >= 4 is 22.1 Å². The van der Waals surface area contributed by atoms with Crippen LogP contribution < -0.4 is 0 Å². The molecule has 1 aromatic heterocycles. The quantitative estimate of drug-likeness (QED) is 0.438. The molecule has 1 heterocycles. The summed E-state index contributed by atoms with van der Waals surface area (Å²) in [7, 11) is -3.36. The first-order valence-electron chi connectivity index (χ1n) is 5.79. The Morgan fingerprint density at radius 1 is 1.00 bits per heavy atom. The van der Waals surface area contributed by atoms with Gasteiger partial charge in [-0.05, 0) is 5.21 Å². The second-order valence-electron chi connectivity index (χ2n) is 4.69. The molecule has 0 aliphatic rings. The Labute approximate surface area is 129 Å². The molecule has 1 rings (SSSR count). The summed E-state index contributed by atoms with van der Waals surface area (Å²) in [6, 6.07) is 0. The van der Waals surface area contributed by atoms with E-state index in [1.807, 2.05) is 37.5 Å². The molecule has 0 radical (unpaired) electrons. The van der Waals surface area contributed by atoms with Crippen LogP contribution in [0.5, 0.6) is 0 Å². The number of amides is 1. The average molecular weight is 390 g/mol. The average Bonchev–Trinajstić information content (AvgIpc) is 2.78. The first-order chi connectivity index (χ1) is 9.92. The van der Waals surface area contributed by atoms with Crippen LogP contribution in [-0.4, -0.2) is 70.4 Å². The van der Waals surface area contributed by atoms with Crippen LogP contribution in [0, 0.1) is 0 Å². The van der Waals surface area contributed by atoms with Gasteiger partial charge in [0.25, 0.3) is 0 Å². The van der Waals surface area contributed by atoms with Crippen LogP contribution in [-0.2, 0) is 4.79 Å². The molecule has 0 fully saturated rings. The Morgan fingerprint density at radius 2 is 1.39 bits per heavy atom. The van der Waals surface area contributed by atoms with E-state index in [0.717, 1.165) is 6.41 Å². The molecular formula is C8H18F6N6OP2. The van der Waals surface area contributed by atoms with Crippen molar-refractivity contribution in [2.45, 2.75) is 0 Å². The maximum absolute atomic E-state index is 11.1. The molecule has 1 amide bonds. The summed E-state index contributed by atoms with van der Waals surface area (Å²) in [6.45, 7) is 0. The van der Waals surface area contributed by atoms with E-state index in [4.69, 9.17) is 0 Å². The van der Waals surface area contributed by atoms with Crippen LogP contribution in [0.3, 0.4) is 0 Å². The summed E-state index contributed by atoms with van der Waals surface area (Å²) in [5.41, 5.74) is 0. The molecule has 138 valence electrons. The van der Waals surface area contributed by atoms with Crippen molar-refractivity contribution in [1.82, 2.24) is 28.8 Å². The van der Waals surface area contributed by atoms with Crippen LogP contribution in [0.15, 0.2) is 12.4 Å². The third kappa shape index (κ3) is 7.38. The molecule has 1 aromatic rings. The van der Waals surface area contributed by atoms with E-state index in [2.05, 4.69) is 10.3 Å². The number of aromatic nitrogens is 3. The summed E-state index contributed by atoms with van der Waals surface area (Å²) in [5.74, 6) is 0. The van der Waals surface area contributed by atoms with Gasteiger partial charge in [0.15, 0.2) is 0 Å². The molecule has 15 heteroatoms. The van der Waals surface area contributed by atoms with Crippen LogP contribution in [0.4, 0.5) is 25.2 Å². The van der Waals surface area contributed by atoms with E-state index >= 15 is 0 Å². The fraction of sp³-hybridized carbons (Fsp3) is 0.625. The normalized spacial score (nSPS) is 15.5. The number of hydrogen-bond acceptors (Lipinski definition) is 5. The number of carbonyl (C=O) groups is 1. The fourth-order valence-corrected chi connectivity index (χ4v) is 5.23. The molecule has 7 nitrogen and oxygen atoms in total. The van der Waals surface area contributed by atoms with E-state index in [0.29, 0.717) is 0 Å². The van der Waals surface area contributed by atoms with Crippen LogP contribution in [0.25, 0.3) is 0 Å². The molecule has 0 spiro atoms. The maximum atomic E-state index is 11.1. The number of hydrogen-bond donors (Lipinski definition) is 0. The number of rotatable bonds is 5. The van der Waals surface area contributed by atoms with Gasteiger partial charge in [0.1, 0.15) is 0 Å². The molecule has 0 N–H and O–H groups in total. The van der Waals surface area contributed by atoms with Crippen molar-refractivity contribution in [3.05, 3.63) is 12.4 Å². The molecule has 0 saturated heterocycles. The van der Waals surface area contributed by atoms with Gasteiger partial charge in [0.2, 0.25) is 6.41 Å². The van der Waals surface area contributed by atoms with Crippen molar-refractivity contribution in [3.63, 3.8) is 0 Å². The van der Waals surface area contributed by atoms with Gasteiger partial charge in [0.05, 0.1) is 19.4 Å². The van der Waals surface area contributed by atoms with Gasteiger partial charge in [-0.15, -0.1) is 14.4 Å². The number of carbonyl (C=O) groups excluding carboxylic acids is 1. The van der Waals surface area contributed by atoms with E-state index in [1.54, 1.807) is 28.6 Å². The zero-order valence-corrected chi connectivity index (χ0v) is 14.8. The number of nitrogens with zero attached hydrogens (tertiary/aromatic N) is 6. The van der Waals surface area contributed by atoms with Gasteiger partial charge in [0, 0.05) is 28.2 Å². The van der Waals surface area contributed by atoms with E-state index < -0.39 is 15.7 Å². The van der Waals surface area contributed by atoms with Gasteiger partial charge in [-0.3, -0.25) is 4.79 Å². The van der Waals surface area contributed by atoms with Crippen molar-refractivity contribution < 1.29 is 30.0 Å². The van der Waals surface area contributed by atoms with Crippen LogP contribution in [0.1, 0.15) is 0 Å². The number of halogens is 6. The molecule has 0 aromatic carbocycles. The third-order valence-electron chi connectivity index (χ3n) is 2.33. The third-order valence-corrected chi connectivity index (χ3v) is 6.18. The molecule has 0 aliphatic heterocycles. The van der Waals surface area contributed by atoms with Gasteiger partial charge in [-0.25, -0.2) is 0 Å². The van der Waals surface area contributed by atoms with Crippen LogP contribution in [0.2, 0.25) is 0 Å². The Kier molecular flexibility index (Phi) is 5.84. The summed E-state index contributed by atoms with van der Waals surface area (Å²) in [5, 5.41) is 7.85. The van der Waals surface area contributed by atoms with Crippen molar-refractivity contribution in [1.29, 1.82) is 0 Å². The topological polar surface area (TPSA) is 57.5 Å². The van der Waals surface area contributed by atoms with Gasteiger partial charge >= 0.3 is 40.9 Å². The molecule has 0 unspecified atom stereocenters. The summed E-state index contributed by atoms with van der Waals surface area (Å²) in [4.78, 5) is 11.1. The fourth-order valence-electron chi connectivity index (χ4n) is 1.84. The molecule has 0 atom stereocenters. The van der Waals surface area contributed by atoms with E-state index in [-0.39, 0.29) is 0 Å². The monoisotopic (exact) mass is 390 g/mol. The summed E-state index contributed by atoms with van der Waals surface area (Å²) < 4.78 is 66.6. The first kappa shape index (κ1) is 22.0. The Hall–Kier alpha value is -1.03. The van der Waals surface area contributed by atoms with E-state index in [1.165, 1.54) is 0 Å². The molecule has 0 aliphatic carbocycles. The zero-order chi connectivity index (χ0) is 18.8. The van der Waals surface area contributed by atoms with Crippen LogP contribution >= 0.6 is 15.7 Å². The predicted octanol–water partition coefficient (Wildman–Crippen LogP) is 3.40. The predicted molar refractivity (Wildman–Crippen MR) is 77.1 cm³/mol. The van der Waals surface area contributed by atoms with Gasteiger partial charge in [-0.1, -0.05) is 4.45 Å². The SMILES string of the molecule is CN(C)[P+](N(C)C)(N(C)C=O)n1ccnn1.F[P-](F)(F)(F)(F)F. The molecule has 23 heavy (non-hydrogen) atoms. The second kappa shape index (κ2) is 6.12. The minimum atomic E-state index is -10.7. The van der Waals surface area contributed by atoms with E-state index in [9.17, 15) is 30.0 Å². The van der Waals surface area contributed by atoms with Gasteiger partial charge in [-0.2, -0.15) is 4.67 Å².